The quantitative estimate of drug-likeness (QED) is 0.118. The van der Waals surface area contributed by atoms with Crippen LogP contribution in [0.5, 0.6) is 0 Å². The van der Waals surface area contributed by atoms with E-state index in [1.54, 1.807) is 30.5 Å². The molecule has 0 unspecified atom stereocenters. The zero-order valence-corrected chi connectivity index (χ0v) is 23.6. The van der Waals surface area contributed by atoms with Crippen molar-refractivity contribution in [2.45, 2.75) is 27.1 Å². The van der Waals surface area contributed by atoms with Gasteiger partial charge >= 0.3 is 24.1 Å². The maximum Gasteiger partial charge on any atom is 0.490 e. The van der Waals surface area contributed by atoms with Crippen LogP contribution in [0.4, 0.5) is 23.7 Å². The summed E-state index contributed by atoms with van der Waals surface area (Å²) in [6, 6.07) is 12.3. The van der Waals surface area contributed by atoms with Crippen LogP contribution < -0.4 is 16.4 Å². The van der Waals surface area contributed by atoms with Crippen molar-refractivity contribution in [2.24, 2.45) is 5.73 Å². The first-order valence-electron chi connectivity index (χ1n) is 11.0. The van der Waals surface area contributed by atoms with Crippen molar-refractivity contribution in [3.05, 3.63) is 59.0 Å². The van der Waals surface area contributed by atoms with E-state index in [0.717, 1.165) is 16.9 Å². The molecule has 0 aliphatic heterocycles. The molecule has 2 aromatic carbocycles. The largest absolute Gasteiger partial charge is 0.490 e. The maximum absolute atomic E-state index is 13.5. The zero-order chi connectivity index (χ0) is 31.1. The molecule has 0 radical (unpaired) electrons. The second kappa shape index (κ2) is 13.5. The van der Waals surface area contributed by atoms with E-state index in [4.69, 9.17) is 26.2 Å². The third-order valence-electron chi connectivity index (χ3n) is 5.00. The fourth-order valence-electron chi connectivity index (χ4n) is 3.24. The first-order valence-corrected chi connectivity index (χ1v) is 14.6. The number of alkyl halides is 3. The number of amides is 2. The Labute approximate surface area is 240 Å². The van der Waals surface area contributed by atoms with Crippen molar-refractivity contribution < 1.29 is 46.2 Å². The van der Waals surface area contributed by atoms with Crippen molar-refractivity contribution in [1.29, 1.82) is 5.41 Å². The molecule has 0 saturated carbocycles. The molecule has 1 aromatic heterocycles. The molecule has 3 aromatic rings. The van der Waals surface area contributed by atoms with Gasteiger partial charge in [-0.25, -0.2) is 18.0 Å². The third kappa shape index (κ3) is 8.70. The summed E-state index contributed by atoms with van der Waals surface area (Å²) < 4.78 is 59.2. The molecule has 0 spiro atoms. The summed E-state index contributed by atoms with van der Waals surface area (Å²) >= 11 is 2.41. The van der Waals surface area contributed by atoms with Crippen LogP contribution in [0.2, 0.25) is 0 Å². The number of amidine groups is 1. The minimum absolute atomic E-state index is 0.0535. The van der Waals surface area contributed by atoms with E-state index in [1.807, 2.05) is 13.0 Å². The van der Waals surface area contributed by atoms with Crippen LogP contribution in [-0.4, -0.2) is 61.4 Å². The van der Waals surface area contributed by atoms with Crippen LogP contribution in [0.3, 0.4) is 0 Å². The normalized spacial score (nSPS) is 11.1. The molecule has 0 aliphatic carbocycles. The molecule has 0 fully saturated rings. The number of carboxylic acid groups (broad SMARTS) is 2. The molecule has 11 nitrogen and oxygen atoms in total. The van der Waals surface area contributed by atoms with E-state index in [0.29, 0.717) is 25.9 Å². The fraction of sp³-hybridized carbons (Fsp3) is 0.167. The summed E-state index contributed by atoms with van der Waals surface area (Å²) in [5.74, 6) is -4.14. The SMILES string of the molecule is CSc1sc(C(=N)N)cc1S(=O)(=O)c1cccc(-c2c(C)cccc2NC(=O)NCC(=O)O)c1.O=C(O)C(F)(F)F. The maximum atomic E-state index is 13.5. The summed E-state index contributed by atoms with van der Waals surface area (Å²) in [4.78, 5) is 32.3. The van der Waals surface area contributed by atoms with Gasteiger partial charge in [0.25, 0.3) is 0 Å². The third-order valence-corrected chi connectivity index (χ3v) is 9.34. The van der Waals surface area contributed by atoms with Gasteiger partial charge in [-0.05, 0) is 48.6 Å². The topological polar surface area (TPSA) is 200 Å². The van der Waals surface area contributed by atoms with Crippen LogP contribution >= 0.6 is 23.1 Å². The predicted molar refractivity (Wildman–Crippen MR) is 148 cm³/mol. The van der Waals surface area contributed by atoms with Crippen LogP contribution in [0, 0.1) is 12.3 Å². The Hall–Kier alpha value is -4.09. The minimum Gasteiger partial charge on any atom is -0.480 e. The Morgan fingerprint density at radius 3 is 2.24 bits per heavy atom. The number of carboxylic acids is 2. The van der Waals surface area contributed by atoms with Gasteiger partial charge in [0, 0.05) is 5.56 Å². The number of urea groups is 1. The minimum atomic E-state index is -5.08. The lowest BCUT2D eigenvalue weighted by Gasteiger charge is -2.15. The van der Waals surface area contributed by atoms with Crippen molar-refractivity contribution in [1.82, 2.24) is 5.32 Å². The molecule has 1 heterocycles. The standard InChI is InChI=1S/C22H22N4O5S3.C2HF3O2/c1-12-5-3-8-15(26-22(29)25-11-18(27)28)19(12)13-6-4-7-14(9-13)34(30,31)17-10-16(20(23)24)33-21(17)32-2;3-2(4,5)1(6)7/h3-10H,11H2,1-2H3,(H3,23,24)(H,27,28)(H2,25,26,29);(H,6,7). The average Bonchev–Trinajstić information content (AvgIpc) is 3.33. The van der Waals surface area contributed by atoms with Crippen LogP contribution in [0.1, 0.15) is 10.4 Å². The number of nitrogens with one attached hydrogen (secondary N) is 3. The van der Waals surface area contributed by atoms with E-state index in [9.17, 15) is 31.2 Å². The summed E-state index contributed by atoms with van der Waals surface area (Å²) in [5, 5.41) is 28.4. The van der Waals surface area contributed by atoms with Gasteiger partial charge in [0.2, 0.25) is 9.84 Å². The smallest absolute Gasteiger partial charge is 0.480 e. The van der Waals surface area contributed by atoms with Crippen molar-refractivity contribution in [3.8, 4) is 11.1 Å². The summed E-state index contributed by atoms with van der Waals surface area (Å²) in [5.41, 5.74) is 7.90. The number of aryl methyl sites for hydroxylation is 1. The fourth-order valence-corrected chi connectivity index (χ4v) is 7.15. The number of anilines is 1. The summed E-state index contributed by atoms with van der Waals surface area (Å²) in [7, 11) is -3.92. The van der Waals surface area contributed by atoms with Crippen molar-refractivity contribution in [3.63, 3.8) is 0 Å². The highest BCUT2D eigenvalue weighted by Crippen LogP contribution is 2.38. The second-order valence-corrected chi connectivity index (χ2v) is 12.0. The predicted octanol–water partition coefficient (Wildman–Crippen LogP) is 4.40. The number of nitrogens with two attached hydrogens (primary N) is 1. The Morgan fingerprint density at radius 1 is 1.10 bits per heavy atom. The highest BCUT2D eigenvalue weighted by molar-refractivity contribution is 8.01. The van der Waals surface area contributed by atoms with E-state index < -0.39 is 40.5 Å². The number of hydrogen-bond donors (Lipinski definition) is 6. The number of hydrogen-bond acceptors (Lipinski definition) is 8. The van der Waals surface area contributed by atoms with Gasteiger partial charge in [-0.2, -0.15) is 13.2 Å². The number of halogens is 3. The van der Waals surface area contributed by atoms with Gasteiger partial charge in [-0.15, -0.1) is 23.1 Å². The second-order valence-electron chi connectivity index (χ2n) is 7.91. The van der Waals surface area contributed by atoms with Crippen molar-refractivity contribution >= 4 is 62.4 Å². The lowest BCUT2D eigenvalue weighted by molar-refractivity contribution is -0.192. The lowest BCUT2D eigenvalue weighted by atomic mass is 9.98. The number of nitrogen functional groups attached to an aromatic ring is 1. The molecule has 41 heavy (non-hydrogen) atoms. The number of sulfone groups is 1. The first kappa shape index (κ1) is 33.1. The molecule has 0 saturated heterocycles. The monoisotopic (exact) mass is 632 g/mol. The zero-order valence-electron chi connectivity index (χ0n) is 21.2. The highest BCUT2D eigenvalue weighted by Gasteiger charge is 2.38. The van der Waals surface area contributed by atoms with Gasteiger partial charge in [0.15, 0.2) is 0 Å². The van der Waals surface area contributed by atoms with Gasteiger partial charge in [0.1, 0.15) is 12.4 Å². The molecule has 17 heteroatoms. The molecular formula is C24H23F3N4O7S3. The Bertz CT molecular complexity index is 1590. The molecule has 0 aliphatic rings. The van der Waals surface area contributed by atoms with Gasteiger partial charge in [-0.3, -0.25) is 10.2 Å². The number of rotatable bonds is 8. The molecule has 0 atom stereocenters. The number of aliphatic carboxylic acids is 2. The van der Waals surface area contributed by atoms with Crippen LogP contribution in [0.15, 0.2) is 62.5 Å². The van der Waals surface area contributed by atoms with Crippen LogP contribution in [-0.2, 0) is 19.4 Å². The van der Waals surface area contributed by atoms with Gasteiger partial charge in [0.05, 0.1) is 24.6 Å². The Balaban J connectivity index is 0.000000745. The highest BCUT2D eigenvalue weighted by atomic mass is 32.2. The number of benzene rings is 2. The van der Waals surface area contributed by atoms with Gasteiger partial charge in [-0.1, -0.05) is 24.3 Å². The van der Waals surface area contributed by atoms with E-state index in [2.05, 4.69) is 10.6 Å². The molecule has 0 bridgehead atoms. The number of carbonyl (C=O) groups is 3. The summed E-state index contributed by atoms with van der Waals surface area (Å²) in [6.07, 6.45) is -3.33. The van der Waals surface area contributed by atoms with Gasteiger partial charge < -0.3 is 26.6 Å². The first-order chi connectivity index (χ1) is 19.0. The summed E-state index contributed by atoms with van der Waals surface area (Å²) in [6.45, 7) is 1.28. The Kier molecular flexibility index (Phi) is 10.9. The van der Waals surface area contributed by atoms with E-state index >= 15 is 0 Å². The molecule has 7 N–H and O–H groups in total. The van der Waals surface area contributed by atoms with E-state index in [-0.39, 0.29) is 15.6 Å². The lowest BCUT2D eigenvalue weighted by Crippen LogP contribution is -2.33. The average molecular weight is 633 g/mol. The molecule has 3 rings (SSSR count). The number of thiophene rings is 1. The van der Waals surface area contributed by atoms with Crippen molar-refractivity contribution in [2.75, 3.05) is 18.1 Å². The van der Waals surface area contributed by atoms with Crippen LogP contribution in [0.25, 0.3) is 11.1 Å². The Morgan fingerprint density at radius 2 is 1.71 bits per heavy atom. The number of carbonyl (C=O) groups excluding carboxylic acids is 1. The number of thioether (sulfide) groups is 1. The van der Waals surface area contributed by atoms with E-state index in [1.165, 1.54) is 30.0 Å². The molecular weight excluding hydrogens is 609 g/mol. The molecule has 2 amide bonds. The molecule has 220 valence electrons.